The standard InChI is InChI=1S/C13H20N2O2S/c1-4-17-11-8-15(3)7-10(11)14-13(16)12-6-5-9(2)18-12/h5-6,10-11H,4,7-8H2,1-3H3,(H,14,16)/t10-,11-/m0/s1. The molecule has 1 amide bonds. The van der Waals surface area contributed by atoms with Gasteiger partial charge in [0.25, 0.3) is 5.91 Å². The summed E-state index contributed by atoms with van der Waals surface area (Å²) in [7, 11) is 2.05. The van der Waals surface area contributed by atoms with E-state index in [1.54, 1.807) is 0 Å². The molecule has 1 aliphatic heterocycles. The molecule has 2 rings (SSSR count). The topological polar surface area (TPSA) is 41.6 Å². The number of likely N-dealkylation sites (tertiary alicyclic amines) is 1. The molecule has 1 aliphatic rings. The summed E-state index contributed by atoms with van der Waals surface area (Å²) in [6, 6.07) is 3.94. The molecule has 2 atom stereocenters. The number of aryl methyl sites for hydroxylation is 1. The quantitative estimate of drug-likeness (QED) is 0.900. The fourth-order valence-electron chi connectivity index (χ4n) is 2.28. The molecule has 4 nitrogen and oxygen atoms in total. The second-order valence-electron chi connectivity index (χ2n) is 4.71. The van der Waals surface area contributed by atoms with Crippen LogP contribution in [0.4, 0.5) is 0 Å². The average Bonchev–Trinajstić information content (AvgIpc) is 2.87. The van der Waals surface area contributed by atoms with Gasteiger partial charge in [0.15, 0.2) is 0 Å². The Labute approximate surface area is 112 Å². The van der Waals surface area contributed by atoms with E-state index in [9.17, 15) is 4.79 Å². The number of likely N-dealkylation sites (N-methyl/N-ethyl adjacent to an activating group) is 1. The number of nitrogens with zero attached hydrogens (tertiary/aromatic N) is 1. The van der Waals surface area contributed by atoms with Gasteiger partial charge in [0.1, 0.15) is 0 Å². The number of carbonyl (C=O) groups excluding carboxylic acids is 1. The van der Waals surface area contributed by atoms with Gasteiger partial charge in [-0.3, -0.25) is 4.79 Å². The summed E-state index contributed by atoms with van der Waals surface area (Å²) in [6.45, 7) is 6.40. The molecular formula is C13H20N2O2S. The van der Waals surface area contributed by atoms with Crippen molar-refractivity contribution in [2.45, 2.75) is 26.0 Å². The van der Waals surface area contributed by atoms with Crippen LogP contribution in [0.3, 0.4) is 0 Å². The molecule has 0 spiro atoms. The lowest BCUT2D eigenvalue weighted by Crippen LogP contribution is -2.43. The van der Waals surface area contributed by atoms with Gasteiger partial charge in [0, 0.05) is 24.6 Å². The zero-order valence-electron chi connectivity index (χ0n) is 11.1. The van der Waals surface area contributed by atoms with Gasteiger partial charge in [-0.05, 0) is 33.0 Å². The Morgan fingerprint density at radius 1 is 1.56 bits per heavy atom. The fourth-order valence-corrected chi connectivity index (χ4v) is 3.05. The first kappa shape index (κ1) is 13.5. The van der Waals surface area contributed by atoms with Crippen molar-refractivity contribution in [2.75, 3.05) is 26.7 Å². The third kappa shape index (κ3) is 3.10. The minimum atomic E-state index is 0.0121. The second-order valence-corrected chi connectivity index (χ2v) is 5.99. The van der Waals surface area contributed by atoms with E-state index in [0.29, 0.717) is 6.61 Å². The molecule has 0 saturated carbocycles. The van der Waals surface area contributed by atoms with Gasteiger partial charge in [-0.15, -0.1) is 11.3 Å². The lowest BCUT2D eigenvalue weighted by Gasteiger charge is -2.19. The SMILES string of the molecule is CCO[C@H]1CN(C)C[C@@H]1NC(=O)c1ccc(C)s1. The van der Waals surface area contributed by atoms with Crippen LogP contribution in [0, 0.1) is 6.92 Å². The van der Waals surface area contributed by atoms with Crippen LogP contribution in [0.5, 0.6) is 0 Å². The number of hydrogen-bond acceptors (Lipinski definition) is 4. The van der Waals surface area contributed by atoms with Crippen molar-refractivity contribution in [2.24, 2.45) is 0 Å². The van der Waals surface area contributed by atoms with Gasteiger partial charge >= 0.3 is 0 Å². The molecule has 100 valence electrons. The van der Waals surface area contributed by atoms with Crippen LogP contribution in [0.2, 0.25) is 0 Å². The van der Waals surface area contributed by atoms with E-state index in [1.165, 1.54) is 11.3 Å². The molecule has 1 N–H and O–H groups in total. The number of hydrogen-bond donors (Lipinski definition) is 1. The Balaban J connectivity index is 1.97. The number of nitrogens with one attached hydrogen (secondary N) is 1. The van der Waals surface area contributed by atoms with Crippen molar-refractivity contribution in [1.29, 1.82) is 0 Å². The number of amides is 1. The Morgan fingerprint density at radius 2 is 2.33 bits per heavy atom. The molecule has 0 unspecified atom stereocenters. The summed E-state index contributed by atoms with van der Waals surface area (Å²) in [5.41, 5.74) is 0. The van der Waals surface area contributed by atoms with Crippen LogP contribution in [0.1, 0.15) is 21.5 Å². The Morgan fingerprint density at radius 3 is 2.94 bits per heavy atom. The maximum Gasteiger partial charge on any atom is 0.261 e. The average molecular weight is 268 g/mol. The van der Waals surface area contributed by atoms with Crippen LogP contribution in [0.15, 0.2) is 12.1 Å². The smallest absolute Gasteiger partial charge is 0.261 e. The number of carbonyl (C=O) groups is 1. The van der Waals surface area contributed by atoms with Crippen LogP contribution in [-0.4, -0.2) is 49.7 Å². The van der Waals surface area contributed by atoms with E-state index in [0.717, 1.165) is 22.8 Å². The van der Waals surface area contributed by atoms with Crippen molar-refractivity contribution in [3.63, 3.8) is 0 Å². The summed E-state index contributed by atoms with van der Waals surface area (Å²) in [5.74, 6) is 0.0121. The summed E-state index contributed by atoms with van der Waals surface area (Å²) in [4.78, 5) is 16.2. The van der Waals surface area contributed by atoms with E-state index in [2.05, 4.69) is 10.2 Å². The molecule has 0 radical (unpaired) electrons. The molecule has 0 bridgehead atoms. The summed E-state index contributed by atoms with van der Waals surface area (Å²) >= 11 is 1.53. The van der Waals surface area contributed by atoms with Crippen LogP contribution >= 0.6 is 11.3 Å². The van der Waals surface area contributed by atoms with E-state index in [1.807, 2.05) is 33.0 Å². The number of ether oxygens (including phenoxy) is 1. The molecule has 0 aromatic carbocycles. The van der Waals surface area contributed by atoms with Crippen molar-refractivity contribution in [3.05, 3.63) is 21.9 Å². The molecule has 1 aromatic heterocycles. The molecule has 5 heteroatoms. The summed E-state index contributed by atoms with van der Waals surface area (Å²) in [5, 5.41) is 3.08. The minimum absolute atomic E-state index is 0.0121. The Kier molecular flexibility index (Phi) is 4.37. The Hall–Kier alpha value is -0.910. The normalized spacial score (nSPS) is 24.4. The van der Waals surface area contributed by atoms with E-state index in [4.69, 9.17) is 4.74 Å². The van der Waals surface area contributed by atoms with Crippen LogP contribution in [-0.2, 0) is 4.74 Å². The monoisotopic (exact) mass is 268 g/mol. The highest BCUT2D eigenvalue weighted by atomic mass is 32.1. The van der Waals surface area contributed by atoms with Crippen molar-refractivity contribution >= 4 is 17.2 Å². The highest BCUT2D eigenvalue weighted by Gasteiger charge is 2.32. The van der Waals surface area contributed by atoms with Crippen molar-refractivity contribution in [3.8, 4) is 0 Å². The van der Waals surface area contributed by atoms with E-state index >= 15 is 0 Å². The van der Waals surface area contributed by atoms with Gasteiger partial charge in [-0.1, -0.05) is 0 Å². The lowest BCUT2D eigenvalue weighted by molar-refractivity contribution is 0.0514. The maximum atomic E-state index is 12.1. The largest absolute Gasteiger partial charge is 0.375 e. The van der Waals surface area contributed by atoms with Gasteiger partial charge < -0.3 is 15.0 Å². The van der Waals surface area contributed by atoms with Gasteiger partial charge in [-0.25, -0.2) is 0 Å². The van der Waals surface area contributed by atoms with Gasteiger partial charge in [0.05, 0.1) is 17.0 Å². The van der Waals surface area contributed by atoms with E-state index in [-0.39, 0.29) is 18.1 Å². The third-order valence-corrected chi connectivity index (χ3v) is 4.11. The molecule has 0 aliphatic carbocycles. The molecule has 18 heavy (non-hydrogen) atoms. The molecular weight excluding hydrogens is 248 g/mol. The predicted molar refractivity (Wildman–Crippen MR) is 73.2 cm³/mol. The first-order chi connectivity index (χ1) is 8.60. The van der Waals surface area contributed by atoms with Gasteiger partial charge in [-0.2, -0.15) is 0 Å². The lowest BCUT2D eigenvalue weighted by atomic mass is 10.2. The first-order valence-corrected chi connectivity index (χ1v) is 7.09. The van der Waals surface area contributed by atoms with Crippen molar-refractivity contribution < 1.29 is 9.53 Å². The molecule has 2 heterocycles. The zero-order valence-corrected chi connectivity index (χ0v) is 11.9. The molecule has 1 saturated heterocycles. The summed E-state index contributed by atoms with van der Waals surface area (Å²) in [6.07, 6.45) is 0.102. The van der Waals surface area contributed by atoms with Crippen LogP contribution in [0.25, 0.3) is 0 Å². The van der Waals surface area contributed by atoms with Crippen LogP contribution < -0.4 is 5.32 Å². The minimum Gasteiger partial charge on any atom is -0.375 e. The highest BCUT2D eigenvalue weighted by Crippen LogP contribution is 2.17. The fraction of sp³-hybridized carbons (Fsp3) is 0.615. The highest BCUT2D eigenvalue weighted by molar-refractivity contribution is 7.13. The summed E-state index contributed by atoms with van der Waals surface area (Å²) < 4.78 is 5.67. The number of rotatable bonds is 4. The number of thiophene rings is 1. The first-order valence-electron chi connectivity index (χ1n) is 6.27. The Bertz CT molecular complexity index is 419. The second kappa shape index (κ2) is 5.82. The third-order valence-electron chi connectivity index (χ3n) is 3.11. The van der Waals surface area contributed by atoms with Crippen molar-refractivity contribution in [1.82, 2.24) is 10.2 Å². The maximum absolute atomic E-state index is 12.1. The predicted octanol–water partition coefficient (Wildman–Crippen LogP) is 1.51. The molecule has 1 fully saturated rings. The zero-order chi connectivity index (χ0) is 13.1. The van der Waals surface area contributed by atoms with Gasteiger partial charge in [0.2, 0.25) is 0 Å². The molecule has 1 aromatic rings. The van der Waals surface area contributed by atoms with E-state index < -0.39 is 0 Å².